The van der Waals surface area contributed by atoms with E-state index in [0.717, 1.165) is 34.1 Å². The van der Waals surface area contributed by atoms with Gasteiger partial charge in [0.25, 0.3) is 0 Å². The van der Waals surface area contributed by atoms with Crippen LogP contribution < -0.4 is 9.80 Å². The Morgan fingerprint density at radius 1 is 0.222 bits per heavy atom. The maximum Gasteiger partial charge on any atom is -0.0374 e. The van der Waals surface area contributed by atoms with Crippen LogP contribution >= 0.6 is 0 Å². The molecule has 10 aromatic carbocycles. The zero-order chi connectivity index (χ0) is 42.0. The van der Waals surface area contributed by atoms with E-state index < -0.39 is 0 Å². The van der Waals surface area contributed by atoms with Crippen molar-refractivity contribution in [2.45, 2.75) is 0 Å². The molecule has 0 radical (unpaired) electrons. The van der Waals surface area contributed by atoms with E-state index in [1.54, 1.807) is 0 Å². The van der Waals surface area contributed by atoms with Crippen LogP contribution in [0.3, 0.4) is 0 Å². The fourth-order valence-electron chi connectivity index (χ4n) is 8.71. The van der Waals surface area contributed by atoms with Crippen LogP contribution in [0.2, 0.25) is 0 Å². The van der Waals surface area contributed by atoms with Gasteiger partial charge in [0.15, 0.2) is 0 Å². The van der Waals surface area contributed by atoms with E-state index in [2.05, 4.69) is 265 Å². The second kappa shape index (κ2) is 17.0. The van der Waals surface area contributed by atoms with Crippen molar-refractivity contribution in [3.05, 3.63) is 255 Å². The predicted molar refractivity (Wildman–Crippen MR) is 270 cm³/mol. The Labute approximate surface area is 375 Å². The summed E-state index contributed by atoms with van der Waals surface area (Å²) in [6.07, 6.45) is 0. The maximum atomic E-state index is 2.34. The number of rotatable bonds is 10. The van der Waals surface area contributed by atoms with E-state index in [0.29, 0.717) is 14.5 Å². The summed E-state index contributed by atoms with van der Waals surface area (Å²) in [4.78, 5) is 4.66. The summed E-state index contributed by atoms with van der Waals surface area (Å²) >= 11 is 0.296. The Bertz CT molecular complexity index is 3270. The van der Waals surface area contributed by atoms with Crippen molar-refractivity contribution in [1.29, 1.82) is 0 Å². The number of anilines is 6. The number of hydrogen-bond donors (Lipinski definition) is 0. The van der Waals surface area contributed by atoms with Crippen molar-refractivity contribution in [2.24, 2.45) is 0 Å². The van der Waals surface area contributed by atoms with Gasteiger partial charge in [0, 0.05) is 17.1 Å². The fourth-order valence-corrected chi connectivity index (χ4v) is 11.3. The van der Waals surface area contributed by atoms with Crippen molar-refractivity contribution in [2.75, 3.05) is 9.80 Å². The second-order valence-corrected chi connectivity index (χ2v) is 18.0. The Hall–Kier alpha value is -7.68. The SMILES string of the molecule is c1ccc(-c2ccc(-c3ccc(N(c4ccccc4)c4ccc(-c5ccc(N(c6ccccc6)c6ccc(-c7cccc8c7[se]c7ccccc78)cc6)cc5)cc4)cc3)cc2)cc1. The number of benzene rings is 10. The van der Waals surface area contributed by atoms with Crippen LogP contribution in [0.25, 0.3) is 63.8 Å². The molecule has 63 heavy (non-hydrogen) atoms. The molecule has 11 aromatic rings. The summed E-state index contributed by atoms with van der Waals surface area (Å²) in [6, 6.07) is 92.1. The Morgan fingerprint density at radius 2 is 0.540 bits per heavy atom. The summed E-state index contributed by atoms with van der Waals surface area (Å²) in [6.45, 7) is 0. The third kappa shape index (κ3) is 7.66. The number of hydrogen-bond acceptors (Lipinski definition) is 2. The number of nitrogens with zero attached hydrogens (tertiary/aromatic N) is 2. The minimum Gasteiger partial charge on any atom is -0.0617 e. The van der Waals surface area contributed by atoms with Crippen LogP contribution in [0.5, 0.6) is 0 Å². The quantitative estimate of drug-likeness (QED) is 0.126. The van der Waals surface area contributed by atoms with Gasteiger partial charge >= 0.3 is 199 Å². The van der Waals surface area contributed by atoms with Crippen LogP contribution in [-0.2, 0) is 0 Å². The fraction of sp³-hybridized carbons (Fsp3) is 0. The summed E-state index contributed by atoms with van der Waals surface area (Å²) in [5, 5.41) is 2.77. The molecule has 0 aliphatic rings. The van der Waals surface area contributed by atoms with Crippen molar-refractivity contribution in [1.82, 2.24) is 0 Å². The molecule has 11 rings (SSSR count). The molecule has 0 saturated heterocycles. The van der Waals surface area contributed by atoms with Crippen LogP contribution in [0.15, 0.2) is 255 Å². The molecule has 1 aromatic heterocycles. The van der Waals surface area contributed by atoms with Gasteiger partial charge in [0.1, 0.15) is 0 Å². The minimum atomic E-state index is 0.296. The topological polar surface area (TPSA) is 6.48 Å². The van der Waals surface area contributed by atoms with Crippen molar-refractivity contribution in [3.8, 4) is 44.5 Å². The average Bonchev–Trinajstić information content (AvgIpc) is 3.75. The maximum absolute atomic E-state index is 2.34. The van der Waals surface area contributed by atoms with Gasteiger partial charge in [-0.2, -0.15) is 0 Å². The van der Waals surface area contributed by atoms with Crippen molar-refractivity contribution in [3.63, 3.8) is 0 Å². The minimum absolute atomic E-state index is 0.296. The van der Waals surface area contributed by atoms with E-state index in [4.69, 9.17) is 0 Å². The molecule has 0 fully saturated rings. The molecule has 0 spiro atoms. The average molecular weight is 870 g/mol. The van der Waals surface area contributed by atoms with E-state index in [9.17, 15) is 0 Å². The molecule has 0 atom stereocenters. The largest absolute Gasteiger partial charge is 0.0617 e. The van der Waals surface area contributed by atoms with E-state index >= 15 is 0 Å². The van der Waals surface area contributed by atoms with Crippen molar-refractivity contribution >= 4 is 67.9 Å². The zero-order valence-electron chi connectivity index (χ0n) is 34.6. The molecule has 0 bridgehead atoms. The van der Waals surface area contributed by atoms with Gasteiger partial charge in [-0.15, -0.1) is 0 Å². The number of fused-ring (bicyclic) bond motifs is 3. The van der Waals surface area contributed by atoms with Gasteiger partial charge in [-0.3, -0.25) is 0 Å². The molecule has 1 heterocycles. The van der Waals surface area contributed by atoms with Gasteiger partial charge in [-0.05, 0) is 58.7 Å². The van der Waals surface area contributed by atoms with Gasteiger partial charge in [0.05, 0.1) is 0 Å². The molecule has 0 amide bonds. The third-order valence-corrected chi connectivity index (χ3v) is 14.5. The first-order valence-corrected chi connectivity index (χ1v) is 23.1. The molecule has 0 aliphatic carbocycles. The molecule has 298 valence electrons. The monoisotopic (exact) mass is 870 g/mol. The molecule has 3 heteroatoms. The smallest absolute Gasteiger partial charge is 0.0374 e. The Kier molecular flexibility index (Phi) is 10.3. The van der Waals surface area contributed by atoms with Gasteiger partial charge in [-0.25, -0.2) is 0 Å². The van der Waals surface area contributed by atoms with Crippen LogP contribution in [-0.4, -0.2) is 14.5 Å². The summed E-state index contributed by atoms with van der Waals surface area (Å²) in [5.74, 6) is 0. The zero-order valence-corrected chi connectivity index (χ0v) is 36.3. The predicted octanol–water partition coefficient (Wildman–Crippen LogP) is 16.7. The molecule has 0 aliphatic heterocycles. The van der Waals surface area contributed by atoms with Gasteiger partial charge < -0.3 is 4.90 Å². The Morgan fingerprint density at radius 3 is 0.984 bits per heavy atom. The molecular weight excluding hydrogens is 828 g/mol. The van der Waals surface area contributed by atoms with Crippen LogP contribution in [0.1, 0.15) is 0 Å². The van der Waals surface area contributed by atoms with Gasteiger partial charge in [0.2, 0.25) is 0 Å². The molecule has 0 N–H and O–H groups in total. The number of para-hydroxylation sites is 2. The second-order valence-electron chi connectivity index (χ2n) is 15.8. The Balaban J connectivity index is 0.858. The normalized spacial score (nSPS) is 11.2. The first-order chi connectivity index (χ1) is 31.2. The summed E-state index contributed by atoms with van der Waals surface area (Å²) in [5.41, 5.74) is 16.4. The van der Waals surface area contributed by atoms with E-state index in [-0.39, 0.29) is 0 Å². The standard InChI is InChI=1S/C60H42N2Se/c1-4-13-43(14-5-1)44-23-25-45(26-24-44)46-27-35-52(36-28-46)61(50-15-6-2-7-16-50)53-37-29-47(30-38-53)48-31-39-54(40-32-48)62(51-17-8-3-9-18-51)55-41-33-49(34-42-55)56-20-12-21-58-57-19-10-11-22-59(57)63-60(56)58/h1-42H. The summed E-state index contributed by atoms with van der Waals surface area (Å²) < 4.78 is 2.95. The van der Waals surface area contributed by atoms with Crippen LogP contribution in [0, 0.1) is 0 Å². The molecule has 0 unspecified atom stereocenters. The van der Waals surface area contributed by atoms with Crippen molar-refractivity contribution < 1.29 is 0 Å². The van der Waals surface area contributed by atoms with Crippen LogP contribution in [0.4, 0.5) is 34.1 Å². The third-order valence-electron chi connectivity index (χ3n) is 11.9. The molecular formula is C60H42N2Se. The molecule has 0 saturated carbocycles. The summed E-state index contributed by atoms with van der Waals surface area (Å²) in [7, 11) is 0. The van der Waals surface area contributed by atoms with E-state index in [1.165, 1.54) is 63.8 Å². The van der Waals surface area contributed by atoms with Gasteiger partial charge in [-0.1, -0.05) is 97.1 Å². The first kappa shape index (κ1) is 38.3. The first-order valence-electron chi connectivity index (χ1n) is 21.4. The van der Waals surface area contributed by atoms with E-state index in [1.807, 2.05) is 0 Å². The molecule has 2 nitrogen and oxygen atoms in total.